The molecule has 0 radical (unpaired) electrons. The van der Waals surface area contributed by atoms with Gasteiger partial charge < -0.3 is 4.74 Å². The van der Waals surface area contributed by atoms with Crippen LogP contribution in [0.15, 0.2) is 0 Å². The molecule has 0 aromatic rings. The number of hydrogen-bond acceptors (Lipinski definition) is 3. The summed E-state index contributed by atoms with van der Waals surface area (Å²) in [7, 11) is 1.21. The number of rotatable bonds is 10. The average Bonchev–Trinajstić information content (AvgIpc) is 2.33. The number of unbranched alkanes of at least 4 members (excludes halogenated alkanes) is 3. The second-order valence-corrected chi connectivity index (χ2v) is 6.28. The van der Waals surface area contributed by atoms with Gasteiger partial charge in [-0.25, -0.2) is 0 Å². The van der Waals surface area contributed by atoms with Crippen molar-refractivity contribution < 1.29 is 23.1 Å². The van der Waals surface area contributed by atoms with E-state index in [0.29, 0.717) is 6.42 Å². The molecule has 0 aromatic carbocycles. The zero-order chi connectivity index (χ0) is 14.9. The monoisotopic (exact) mass is 390 g/mol. The summed E-state index contributed by atoms with van der Waals surface area (Å²) >= 11 is 1.76. The van der Waals surface area contributed by atoms with Crippen molar-refractivity contribution in [3.8, 4) is 0 Å². The lowest BCUT2D eigenvalue weighted by Gasteiger charge is -2.18. The number of alkyl halides is 3. The van der Waals surface area contributed by atoms with Gasteiger partial charge in [0.15, 0.2) is 0 Å². The number of esters is 1. The molecule has 0 bridgehead atoms. The largest absolute Gasteiger partial charge is 0.469 e. The molecule has 0 heterocycles. The van der Waals surface area contributed by atoms with Crippen LogP contribution in [-0.2, 0) is 14.3 Å². The zero-order valence-electron chi connectivity index (χ0n) is 11.4. The number of carbonyl (C=O) groups excluding carboxylic acids is 2. The van der Waals surface area contributed by atoms with E-state index in [1.54, 1.807) is 22.6 Å². The van der Waals surface area contributed by atoms with Crippen molar-refractivity contribution in [2.75, 3.05) is 7.11 Å². The molecule has 0 saturated heterocycles. The Bertz CT molecular complexity index is 296. The Morgan fingerprint density at radius 1 is 1.26 bits per heavy atom. The van der Waals surface area contributed by atoms with Crippen LogP contribution in [0.4, 0.5) is 8.78 Å². The standard InChI is InChI=1S/C13H21F2IO3/c1-3-4-5-6-7-11(17)13(14,15)9-10(16)8-12(18)19-2/h10H,3-9H2,1-2H3. The summed E-state index contributed by atoms with van der Waals surface area (Å²) in [4.78, 5) is 22.4. The van der Waals surface area contributed by atoms with E-state index in [0.717, 1.165) is 19.3 Å². The topological polar surface area (TPSA) is 43.4 Å². The van der Waals surface area contributed by atoms with E-state index in [1.807, 2.05) is 6.92 Å². The van der Waals surface area contributed by atoms with Gasteiger partial charge in [-0.2, -0.15) is 8.78 Å². The highest BCUT2D eigenvalue weighted by Gasteiger charge is 2.39. The maximum atomic E-state index is 13.6. The molecule has 0 amide bonds. The van der Waals surface area contributed by atoms with Crippen LogP contribution in [-0.4, -0.2) is 28.7 Å². The maximum absolute atomic E-state index is 13.6. The van der Waals surface area contributed by atoms with Gasteiger partial charge in [0.2, 0.25) is 5.78 Å². The number of carbonyl (C=O) groups is 2. The van der Waals surface area contributed by atoms with Crippen LogP contribution in [0.2, 0.25) is 0 Å². The molecule has 0 spiro atoms. The summed E-state index contributed by atoms with van der Waals surface area (Å²) in [6.45, 7) is 2.02. The summed E-state index contributed by atoms with van der Waals surface area (Å²) in [6.07, 6.45) is 2.47. The molecule has 0 aliphatic rings. The minimum atomic E-state index is -3.34. The van der Waals surface area contributed by atoms with Crippen molar-refractivity contribution >= 4 is 34.3 Å². The first-order valence-corrected chi connectivity index (χ1v) is 7.70. The fraction of sp³-hybridized carbons (Fsp3) is 0.846. The van der Waals surface area contributed by atoms with Gasteiger partial charge in [0, 0.05) is 16.8 Å². The molecule has 6 heteroatoms. The predicted octanol–water partition coefficient (Wildman–Crippen LogP) is 3.92. The molecule has 112 valence electrons. The van der Waals surface area contributed by atoms with Crippen LogP contribution in [0.25, 0.3) is 0 Å². The van der Waals surface area contributed by atoms with E-state index >= 15 is 0 Å². The summed E-state index contributed by atoms with van der Waals surface area (Å²) in [5, 5.41) is 0. The molecule has 1 unspecified atom stereocenters. The van der Waals surface area contributed by atoms with E-state index in [9.17, 15) is 18.4 Å². The summed E-state index contributed by atoms with van der Waals surface area (Å²) in [5.74, 6) is -4.90. The summed E-state index contributed by atoms with van der Waals surface area (Å²) in [6, 6.07) is 0. The van der Waals surface area contributed by atoms with E-state index in [4.69, 9.17) is 0 Å². The third kappa shape index (κ3) is 8.49. The van der Waals surface area contributed by atoms with Gasteiger partial charge in [-0.15, -0.1) is 0 Å². The van der Waals surface area contributed by atoms with Gasteiger partial charge in [0.05, 0.1) is 13.5 Å². The van der Waals surface area contributed by atoms with Gasteiger partial charge in [-0.1, -0.05) is 48.8 Å². The van der Waals surface area contributed by atoms with Crippen LogP contribution in [0.3, 0.4) is 0 Å². The minimum Gasteiger partial charge on any atom is -0.469 e. The molecule has 3 nitrogen and oxygen atoms in total. The maximum Gasteiger partial charge on any atom is 0.306 e. The summed E-state index contributed by atoms with van der Waals surface area (Å²) in [5.41, 5.74) is 0. The lowest BCUT2D eigenvalue weighted by molar-refractivity contribution is -0.146. The molecule has 19 heavy (non-hydrogen) atoms. The zero-order valence-corrected chi connectivity index (χ0v) is 13.5. The molecule has 1 atom stereocenters. The lowest BCUT2D eigenvalue weighted by atomic mass is 10.0. The molecule has 0 fully saturated rings. The first kappa shape index (κ1) is 18.7. The van der Waals surface area contributed by atoms with Crippen molar-refractivity contribution in [1.29, 1.82) is 0 Å². The average molecular weight is 390 g/mol. The molecular weight excluding hydrogens is 369 g/mol. The third-order valence-electron chi connectivity index (χ3n) is 2.76. The Hall–Kier alpha value is -0.270. The molecule has 0 aliphatic carbocycles. The van der Waals surface area contributed by atoms with Gasteiger partial charge >= 0.3 is 11.9 Å². The second-order valence-electron chi connectivity index (χ2n) is 4.52. The number of hydrogen-bond donors (Lipinski definition) is 0. The summed E-state index contributed by atoms with van der Waals surface area (Å²) < 4.78 is 31.1. The molecular formula is C13H21F2IO3. The van der Waals surface area contributed by atoms with Crippen LogP contribution in [0.5, 0.6) is 0 Å². The lowest BCUT2D eigenvalue weighted by Crippen LogP contribution is -2.32. The number of halogens is 3. The van der Waals surface area contributed by atoms with Crippen molar-refractivity contribution in [3.63, 3.8) is 0 Å². The van der Waals surface area contributed by atoms with Crippen molar-refractivity contribution in [2.45, 2.75) is 61.7 Å². The predicted molar refractivity (Wildman–Crippen MR) is 77.8 cm³/mol. The Morgan fingerprint density at radius 3 is 2.42 bits per heavy atom. The molecule has 0 aromatic heterocycles. The first-order valence-electron chi connectivity index (χ1n) is 6.45. The van der Waals surface area contributed by atoms with Gasteiger partial charge in [-0.05, 0) is 6.42 Å². The van der Waals surface area contributed by atoms with Crippen LogP contribution in [0, 0.1) is 0 Å². The Balaban J connectivity index is 4.13. The van der Waals surface area contributed by atoms with Crippen LogP contribution in [0.1, 0.15) is 51.9 Å². The van der Waals surface area contributed by atoms with Crippen molar-refractivity contribution in [2.24, 2.45) is 0 Å². The van der Waals surface area contributed by atoms with E-state index < -0.39 is 28.0 Å². The fourth-order valence-corrected chi connectivity index (χ4v) is 2.54. The highest BCUT2D eigenvalue weighted by molar-refractivity contribution is 14.1. The van der Waals surface area contributed by atoms with Crippen molar-refractivity contribution in [1.82, 2.24) is 0 Å². The Kier molecular flexibility index (Phi) is 9.47. The SMILES string of the molecule is CCCCCCC(=O)C(F)(F)CC(I)CC(=O)OC. The van der Waals surface area contributed by atoms with Crippen molar-refractivity contribution in [3.05, 3.63) is 0 Å². The van der Waals surface area contributed by atoms with Gasteiger partial charge in [0.25, 0.3) is 0 Å². The molecule has 0 aliphatic heterocycles. The Labute approximate surface area is 126 Å². The van der Waals surface area contributed by atoms with Crippen LogP contribution < -0.4 is 0 Å². The number of ketones is 1. The quantitative estimate of drug-likeness (QED) is 0.246. The van der Waals surface area contributed by atoms with Gasteiger partial charge in [0.1, 0.15) is 0 Å². The highest BCUT2D eigenvalue weighted by Crippen LogP contribution is 2.29. The van der Waals surface area contributed by atoms with E-state index in [2.05, 4.69) is 4.74 Å². The van der Waals surface area contributed by atoms with E-state index in [1.165, 1.54) is 7.11 Å². The number of ether oxygens (including phenoxy) is 1. The Morgan fingerprint density at radius 2 is 1.89 bits per heavy atom. The minimum absolute atomic E-state index is 0.0887. The first-order chi connectivity index (χ1) is 8.83. The molecule has 0 N–H and O–H groups in total. The second kappa shape index (κ2) is 9.61. The van der Waals surface area contributed by atoms with E-state index in [-0.39, 0.29) is 12.8 Å². The third-order valence-corrected chi connectivity index (χ3v) is 3.64. The normalized spacial score (nSPS) is 13.1. The number of Topliss-reactive ketones (excluding diaryl/α,β-unsaturated/α-hetero) is 1. The van der Waals surface area contributed by atoms with Crippen LogP contribution >= 0.6 is 22.6 Å². The molecule has 0 rings (SSSR count). The fourth-order valence-electron chi connectivity index (χ4n) is 1.62. The highest BCUT2D eigenvalue weighted by atomic mass is 127. The number of methoxy groups -OCH3 is 1. The molecule has 0 saturated carbocycles. The smallest absolute Gasteiger partial charge is 0.306 e. The van der Waals surface area contributed by atoms with Gasteiger partial charge in [-0.3, -0.25) is 9.59 Å².